The summed E-state index contributed by atoms with van der Waals surface area (Å²) in [5.41, 5.74) is 6.01. The van der Waals surface area contributed by atoms with Crippen LogP contribution in [0.3, 0.4) is 0 Å². The standard InChI is InChI=1S/C19H19N7O3/c1-10-8-14(25-29-10)19(2,28)11-4-5-12-13(9-11)26(24-16(12)17(27)21-3)15-6-7-22-18(20)23-15/h4-9,28H,1-3H3,(H,21,27)(H2,20,22,23)/t19-/m1/s1. The molecule has 0 aliphatic carbocycles. The number of aliphatic hydroxyl groups is 1. The Balaban J connectivity index is 1.95. The maximum atomic E-state index is 12.3. The predicted molar refractivity (Wildman–Crippen MR) is 104 cm³/mol. The van der Waals surface area contributed by atoms with Crippen molar-refractivity contribution in [3.8, 4) is 5.82 Å². The monoisotopic (exact) mass is 393 g/mol. The zero-order valence-corrected chi connectivity index (χ0v) is 16.0. The summed E-state index contributed by atoms with van der Waals surface area (Å²) < 4.78 is 6.60. The Morgan fingerprint density at radius 3 is 2.76 bits per heavy atom. The number of benzene rings is 1. The number of amides is 1. The van der Waals surface area contributed by atoms with Crippen molar-refractivity contribution in [2.45, 2.75) is 19.4 Å². The van der Waals surface area contributed by atoms with E-state index < -0.39 is 5.60 Å². The Hall–Kier alpha value is -3.79. The number of nitrogen functional groups attached to an aromatic ring is 1. The van der Waals surface area contributed by atoms with Gasteiger partial charge >= 0.3 is 0 Å². The predicted octanol–water partition coefficient (Wildman–Crippen LogP) is 1.31. The molecule has 10 heteroatoms. The summed E-state index contributed by atoms with van der Waals surface area (Å²) >= 11 is 0. The Kier molecular flexibility index (Phi) is 4.27. The first-order chi connectivity index (χ1) is 13.8. The molecule has 0 saturated carbocycles. The number of anilines is 1. The van der Waals surface area contributed by atoms with Crippen LogP contribution in [-0.2, 0) is 5.60 Å². The third-order valence-corrected chi connectivity index (χ3v) is 4.69. The normalized spacial score (nSPS) is 13.4. The van der Waals surface area contributed by atoms with Crippen LogP contribution in [0, 0.1) is 6.92 Å². The third-order valence-electron chi connectivity index (χ3n) is 4.69. The Labute approximate surface area is 165 Å². The number of hydrogen-bond donors (Lipinski definition) is 3. The van der Waals surface area contributed by atoms with E-state index in [1.165, 1.54) is 17.9 Å². The molecule has 4 rings (SSSR count). The number of aryl methyl sites for hydroxylation is 1. The molecule has 0 aliphatic heterocycles. The highest BCUT2D eigenvalue weighted by Crippen LogP contribution is 2.32. The summed E-state index contributed by atoms with van der Waals surface area (Å²) in [5, 5.41) is 22.6. The lowest BCUT2D eigenvalue weighted by atomic mass is 9.91. The minimum atomic E-state index is -1.42. The zero-order valence-electron chi connectivity index (χ0n) is 16.0. The Bertz CT molecular complexity index is 1230. The average Bonchev–Trinajstić information content (AvgIpc) is 3.31. The summed E-state index contributed by atoms with van der Waals surface area (Å²) in [7, 11) is 1.53. The van der Waals surface area contributed by atoms with Gasteiger partial charge in [-0.25, -0.2) is 9.67 Å². The van der Waals surface area contributed by atoms with E-state index in [4.69, 9.17) is 10.3 Å². The lowest BCUT2D eigenvalue weighted by Crippen LogP contribution is -2.23. The number of carbonyl (C=O) groups excluding carboxylic acids is 1. The molecule has 0 saturated heterocycles. The molecule has 0 spiro atoms. The topological polar surface area (TPSA) is 145 Å². The van der Waals surface area contributed by atoms with Gasteiger partial charge in [0.25, 0.3) is 5.91 Å². The van der Waals surface area contributed by atoms with Gasteiger partial charge in [0.2, 0.25) is 5.95 Å². The highest BCUT2D eigenvalue weighted by atomic mass is 16.5. The van der Waals surface area contributed by atoms with Crippen LogP contribution in [0.1, 0.15) is 34.4 Å². The fraction of sp³-hybridized carbons (Fsp3) is 0.211. The van der Waals surface area contributed by atoms with Crippen molar-refractivity contribution in [1.82, 2.24) is 30.2 Å². The van der Waals surface area contributed by atoms with Crippen LogP contribution >= 0.6 is 0 Å². The molecule has 1 aromatic carbocycles. The molecule has 3 aromatic heterocycles. The first-order valence-corrected chi connectivity index (χ1v) is 8.81. The average molecular weight is 393 g/mol. The van der Waals surface area contributed by atoms with Crippen LogP contribution in [0.5, 0.6) is 0 Å². The van der Waals surface area contributed by atoms with Gasteiger partial charge in [-0.3, -0.25) is 4.79 Å². The minimum absolute atomic E-state index is 0.0777. The van der Waals surface area contributed by atoms with Crippen LogP contribution in [0.25, 0.3) is 16.7 Å². The molecule has 0 aliphatic rings. The third kappa shape index (κ3) is 3.09. The van der Waals surface area contributed by atoms with Gasteiger partial charge in [0.1, 0.15) is 17.1 Å². The summed E-state index contributed by atoms with van der Waals surface area (Å²) in [4.78, 5) is 20.4. The molecule has 4 N–H and O–H groups in total. The van der Waals surface area contributed by atoms with E-state index in [0.717, 1.165) is 0 Å². The number of aromatic nitrogens is 5. The molecule has 3 heterocycles. The smallest absolute Gasteiger partial charge is 0.272 e. The van der Waals surface area contributed by atoms with Crippen LogP contribution in [0.15, 0.2) is 41.1 Å². The number of nitrogens with one attached hydrogen (secondary N) is 1. The van der Waals surface area contributed by atoms with Gasteiger partial charge in [0, 0.05) is 30.8 Å². The largest absolute Gasteiger partial charge is 0.379 e. The van der Waals surface area contributed by atoms with Gasteiger partial charge in [-0.05, 0) is 31.5 Å². The van der Waals surface area contributed by atoms with E-state index in [1.807, 2.05) is 0 Å². The van der Waals surface area contributed by atoms with Gasteiger partial charge in [0.15, 0.2) is 11.5 Å². The number of hydrogen-bond acceptors (Lipinski definition) is 8. The van der Waals surface area contributed by atoms with Crippen LogP contribution in [-0.4, -0.2) is 43.0 Å². The SMILES string of the molecule is CNC(=O)c1nn(-c2ccnc(N)n2)c2cc([C@@](C)(O)c3cc(C)on3)ccc12. The van der Waals surface area contributed by atoms with Gasteiger partial charge < -0.3 is 20.7 Å². The van der Waals surface area contributed by atoms with Crippen LogP contribution in [0.4, 0.5) is 5.95 Å². The summed E-state index contributed by atoms with van der Waals surface area (Å²) in [6, 6.07) is 8.48. The van der Waals surface area contributed by atoms with Crippen molar-refractivity contribution in [3.63, 3.8) is 0 Å². The van der Waals surface area contributed by atoms with E-state index >= 15 is 0 Å². The number of nitrogens with two attached hydrogens (primary N) is 1. The Morgan fingerprint density at radius 2 is 2.10 bits per heavy atom. The first kappa shape index (κ1) is 18.6. The zero-order chi connectivity index (χ0) is 20.8. The molecular weight excluding hydrogens is 374 g/mol. The van der Waals surface area contributed by atoms with Crippen molar-refractivity contribution >= 4 is 22.8 Å². The van der Waals surface area contributed by atoms with Crippen molar-refractivity contribution in [2.75, 3.05) is 12.8 Å². The number of nitrogens with zero attached hydrogens (tertiary/aromatic N) is 5. The van der Waals surface area contributed by atoms with Gasteiger partial charge in [-0.2, -0.15) is 10.1 Å². The van der Waals surface area contributed by atoms with Crippen molar-refractivity contribution in [1.29, 1.82) is 0 Å². The molecule has 4 aromatic rings. The molecule has 0 fully saturated rings. The fourth-order valence-corrected chi connectivity index (χ4v) is 3.10. The van der Waals surface area contributed by atoms with E-state index in [-0.39, 0.29) is 17.5 Å². The van der Waals surface area contributed by atoms with Crippen LogP contribution in [0.2, 0.25) is 0 Å². The second-order valence-corrected chi connectivity index (χ2v) is 6.74. The molecule has 10 nitrogen and oxygen atoms in total. The number of carbonyl (C=O) groups is 1. The second-order valence-electron chi connectivity index (χ2n) is 6.74. The van der Waals surface area contributed by atoms with Crippen LogP contribution < -0.4 is 11.1 Å². The fourth-order valence-electron chi connectivity index (χ4n) is 3.10. The molecule has 148 valence electrons. The lowest BCUT2D eigenvalue weighted by Gasteiger charge is -2.21. The van der Waals surface area contributed by atoms with Crippen molar-refractivity contribution < 1.29 is 14.4 Å². The van der Waals surface area contributed by atoms with Gasteiger partial charge in [0.05, 0.1) is 5.52 Å². The van der Waals surface area contributed by atoms with E-state index in [2.05, 4.69) is 25.5 Å². The lowest BCUT2D eigenvalue weighted by molar-refractivity contribution is 0.0932. The van der Waals surface area contributed by atoms with Crippen molar-refractivity contribution in [2.24, 2.45) is 0 Å². The highest BCUT2D eigenvalue weighted by molar-refractivity contribution is 6.05. The minimum Gasteiger partial charge on any atom is -0.379 e. The number of fused-ring (bicyclic) bond motifs is 1. The molecule has 1 amide bonds. The first-order valence-electron chi connectivity index (χ1n) is 8.81. The van der Waals surface area contributed by atoms with E-state index in [0.29, 0.717) is 33.7 Å². The number of rotatable bonds is 4. The molecule has 0 unspecified atom stereocenters. The summed E-state index contributed by atoms with van der Waals surface area (Å²) in [5.74, 6) is 0.716. The summed E-state index contributed by atoms with van der Waals surface area (Å²) in [6.07, 6.45) is 1.50. The van der Waals surface area contributed by atoms with E-state index in [9.17, 15) is 9.90 Å². The van der Waals surface area contributed by atoms with Gasteiger partial charge in [-0.15, -0.1) is 0 Å². The molecule has 0 radical (unpaired) electrons. The maximum absolute atomic E-state index is 12.3. The molecule has 1 atom stereocenters. The summed E-state index contributed by atoms with van der Waals surface area (Å²) in [6.45, 7) is 3.37. The molecule has 0 bridgehead atoms. The van der Waals surface area contributed by atoms with Gasteiger partial charge in [-0.1, -0.05) is 11.2 Å². The maximum Gasteiger partial charge on any atom is 0.272 e. The molecular formula is C19H19N7O3. The second kappa shape index (κ2) is 6.67. The quantitative estimate of drug-likeness (QED) is 0.470. The Morgan fingerprint density at radius 1 is 1.31 bits per heavy atom. The van der Waals surface area contributed by atoms with E-state index in [1.54, 1.807) is 44.2 Å². The van der Waals surface area contributed by atoms with Crippen molar-refractivity contribution in [3.05, 3.63) is 59.2 Å². The highest BCUT2D eigenvalue weighted by Gasteiger charge is 2.31. The molecule has 29 heavy (non-hydrogen) atoms.